The van der Waals surface area contributed by atoms with Crippen molar-refractivity contribution in [2.24, 2.45) is 0 Å². The van der Waals surface area contributed by atoms with Crippen molar-refractivity contribution in [1.29, 1.82) is 0 Å². The summed E-state index contributed by atoms with van der Waals surface area (Å²) < 4.78 is 44.7. The summed E-state index contributed by atoms with van der Waals surface area (Å²) in [6, 6.07) is 11.3. The number of carbonyl (C=O) groups is 2. The number of rotatable bonds is 6. The third kappa shape index (κ3) is 5.03. The average molecular weight is 433 g/mol. The van der Waals surface area contributed by atoms with E-state index in [0.29, 0.717) is 16.4 Å². The van der Waals surface area contributed by atoms with Gasteiger partial charge >= 0.3 is 6.18 Å². The summed E-state index contributed by atoms with van der Waals surface area (Å²) in [5, 5.41) is 2.67. The molecule has 0 aliphatic rings. The van der Waals surface area contributed by atoms with Crippen LogP contribution >= 0.6 is 0 Å². The summed E-state index contributed by atoms with van der Waals surface area (Å²) in [6.45, 7) is -0.487. The normalized spacial score (nSPS) is 11.2. The molecule has 2 amide bonds. The lowest BCUT2D eigenvalue weighted by Crippen LogP contribution is -2.37. The van der Waals surface area contributed by atoms with E-state index < -0.39 is 35.7 Å². The van der Waals surface area contributed by atoms with Gasteiger partial charge in [0.15, 0.2) is 0 Å². The number of pyridine rings is 1. The number of para-hydroxylation sites is 1. The van der Waals surface area contributed by atoms with E-state index in [2.05, 4.69) is 5.32 Å². The number of anilines is 1. The number of likely N-dealkylation sites (N-methyl/N-ethyl adjacent to an activating group) is 1. The zero-order chi connectivity index (χ0) is 22.6. The minimum Gasteiger partial charge on any atom is -0.467 e. The van der Waals surface area contributed by atoms with E-state index in [1.54, 1.807) is 24.3 Å². The lowest BCUT2D eigenvalue weighted by molar-refractivity contribution is -0.139. The predicted molar refractivity (Wildman–Crippen MR) is 105 cm³/mol. The van der Waals surface area contributed by atoms with Crippen LogP contribution in [-0.4, -0.2) is 23.4 Å². The summed E-state index contributed by atoms with van der Waals surface area (Å²) in [5.41, 5.74) is -2.25. The Morgan fingerprint density at radius 3 is 2.52 bits per heavy atom. The third-order valence-corrected chi connectivity index (χ3v) is 4.52. The van der Waals surface area contributed by atoms with Crippen molar-refractivity contribution in [2.45, 2.75) is 19.3 Å². The lowest BCUT2D eigenvalue weighted by atomic mass is 10.1. The molecule has 7 nitrogen and oxygen atoms in total. The summed E-state index contributed by atoms with van der Waals surface area (Å²) >= 11 is 0. The highest BCUT2D eigenvalue weighted by molar-refractivity contribution is 6.04. The minimum absolute atomic E-state index is 0.136. The predicted octanol–water partition coefficient (Wildman–Crippen LogP) is 3.05. The van der Waals surface area contributed by atoms with Gasteiger partial charge < -0.3 is 19.2 Å². The summed E-state index contributed by atoms with van der Waals surface area (Å²) in [5.74, 6) is -0.602. The van der Waals surface area contributed by atoms with Crippen molar-refractivity contribution in [2.75, 3.05) is 11.9 Å². The summed E-state index contributed by atoms with van der Waals surface area (Å²) in [6.07, 6.45) is -2.25. The number of hydrogen-bond donors (Lipinski definition) is 1. The van der Waals surface area contributed by atoms with Crippen LogP contribution in [0.15, 0.2) is 70.2 Å². The highest BCUT2D eigenvalue weighted by Gasteiger charge is 2.34. The van der Waals surface area contributed by atoms with Crippen molar-refractivity contribution in [3.8, 4) is 0 Å². The number of nitrogens with one attached hydrogen (secondary N) is 1. The first-order chi connectivity index (χ1) is 14.7. The second-order valence-electron chi connectivity index (χ2n) is 6.58. The first-order valence-corrected chi connectivity index (χ1v) is 9.11. The van der Waals surface area contributed by atoms with Gasteiger partial charge in [-0.05, 0) is 36.4 Å². The second kappa shape index (κ2) is 8.90. The molecule has 31 heavy (non-hydrogen) atoms. The zero-order valence-corrected chi connectivity index (χ0v) is 16.3. The van der Waals surface area contributed by atoms with Gasteiger partial charge in [0.05, 0.1) is 24.1 Å². The first kappa shape index (κ1) is 21.9. The fraction of sp³-hybridized carbons (Fsp3) is 0.190. The SMILES string of the molecule is CN(C(=O)Cn1cccc(C(F)(F)F)c1=O)c1ccccc1C(=O)NCc1ccco1. The number of benzene rings is 1. The average Bonchev–Trinajstić information content (AvgIpc) is 3.25. The summed E-state index contributed by atoms with van der Waals surface area (Å²) in [4.78, 5) is 38.5. The van der Waals surface area contributed by atoms with Crippen LogP contribution in [0.25, 0.3) is 0 Å². The van der Waals surface area contributed by atoms with Gasteiger partial charge in [-0.1, -0.05) is 12.1 Å². The van der Waals surface area contributed by atoms with Gasteiger partial charge in [-0.3, -0.25) is 14.4 Å². The van der Waals surface area contributed by atoms with Crippen molar-refractivity contribution in [1.82, 2.24) is 9.88 Å². The van der Waals surface area contributed by atoms with Gasteiger partial charge in [-0.2, -0.15) is 13.2 Å². The molecular formula is C21H18F3N3O4. The fourth-order valence-electron chi connectivity index (χ4n) is 2.90. The molecule has 0 saturated carbocycles. The van der Waals surface area contributed by atoms with E-state index in [-0.39, 0.29) is 17.8 Å². The van der Waals surface area contributed by atoms with Crippen LogP contribution < -0.4 is 15.8 Å². The largest absolute Gasteiger partial charge is 0.467 e. The van der Waals surface area contributed by atoms with Gasteiger partial charge in [-0.25, -0.2) is 0 Å². The first-order valence-electron chi connectivity index (χ1n) is 9.11. The Morgan fingerprint density at radius 1 is 1.10 bits per heavy atom. The van der Waals surface area contributed by atoms with Crippen molar-refractivity contribution >= 4 is 17.5 Å². The molecule has 1 N–H and O–H groups in total. The maximum Gasteiger partial charge on any atom is 0.421 e. The molecule has 0 aliphatic heterocycles. The lowest BCUT2D eigenvalue weighted by Gasteiger charge is -2.21. The van der Waals surface area contributed by atoms with E-state index in [9.17, 15) is 27.6 Å². The molecule has 1 aromatic carbocycles. The molecule has 0 atom stereocenters. The van der Waals surface area contributed by atoms with Crippen LogP contribution in [0.1, 0.15) is 21.7 Å². The van der Waals surface area contributed by atoms with Gasteiger partial charge in [0.1, 0.15) is 17.9 Å². The van der Waals surface area contributed by atoms with E-state index >= 15 is 0 Å². The Labute approximate surface area is 174 Å². The van der Waals surface area contributed by atoms with Crippen LogP contribution in [0.4, 0.5) is 18.9 Å². The van der Waals surface area contributed by atoms with Crippen LogP contribution in [0.2, 0.25) is 0 Å². The third-order valence-electron chi connectivity index (χ3n) is 4.52. The highest BCUT2D eigenvalue weighted by atomic mass is 19.4. The molecule has 0 fully saturated rings. The Kier molecular flexibility index (Phi) is 6.28. The molecule has 0 unspecified atom stereocenters. The molecule has 0 radical (unpaired) electrons. The number of alkyl halides is 3. The Bertz CT molecular complexity index is 1140. The molecule has 2 aromatic heterocycles. The van der Waals surface area contributed by atoms with E-state index in [0.717, 1.165) is 17.2 Å². The molecule has 162 valence electrons. The highest BCUT2D eigenvalue weighted by Crippen LogP contribution is 2.26. The quantitative estimate of drug-likeness (QED) is 0.648. The number of halogens is 3. The monoisotopic (exact) mass is 433 g/mol. The van der Waals surface area contributed by atoms with Crippen molar-refractivity contribution in [3.05, 3.63) is 88.2 Å². The Morgan fingerprint density at radius 2 is 1.84 bits per heavy atom. The molecule has 0 spiro atoms. The maximum absolute atomic E-state index is 12.9. The van der Waals surface area contributed by atoms with Crippen LogP contribution in [0, 0.1) is 0 Å². The van der Waals surface area contributed by atoms with E-state index in [4.69, 9.17) is 4.42 Å². The summed E-state index contributed by atoms with van der Waals surface area (Å²) in [7, 11) is 1.37. The molecule has 0 bridgehead atoms. The molecule has 3 rings (SSSR count). The molecule has 0 aliphatic carbocycles. The zero-order valence-electron chi connectivity index (χ0n) is 16.3. The number of amides is 2. The maximum atomic E-state index is 12.9. The molecule has 0 saturated heterocycles. The fourth-order valence-corrected chi connectivity index (χ4v) is 2.90. The Hall–Kier alpha value is -3.82. The van der Waals surface area contributed by atoms with Gasteiger partial charge in [-0.15, -0.1) is 0 Å². The number of aromatic nitrogens is 1. The number of nitrogens with zero attached hydrogens (tertiary/aromatic N) is 2. The van der Waals surface area contributed by atoms with E-state index in [1.807, 2.05) is 0 Å². The second-order valence-corrected chi connectivity index (χ2v) is 6.58. The number of furan rings is 1. The van der Waals surface area contributed by atoms with Crippen molar-refractivity contribution < 1.29 is 27.2 Å². The van der Waals surface area contributed by atoms with E-state index in [1.165, 1.54) is 25.4 Å². The standard InChI is InChI=1S/C21H18F3N3O4/c1-26(18(28)13-27-10-4-8-16(20(27)30)21(22,23)24)17-9-3-2-7-15(17)19(29)25-12-14-6-5-11-31-14/h2-11H,12-13H2,1H3,(H,25,29). The van der Waals surface area contributed by atoms with Crippen LogP contribution in [-0.2, 0) is 24.1 Å². The molecule has 10 heteroatoms. The van der Waals surface area contributed by atoms with Gasteiger partial charge in [0, 0.05) is 13.2 Å². The Balaban J connectivity index is 1.79. The number of hydrogen-bond acceptors (Lipinski definition) is 4. The van der Waals surface area contributed by atoms with Gasteiger partial charge in [0.2, 0.25) is 5.91 Å². The molecule has 3 aromatic rings. The van der Waals surface area contributed by atoms with Crippen LogP contribution in [0.5, 0.6) is 0 Å². The topological polar surface area (TPSA) is 84.5 Å². The van der Waals surface area contributed by atoms with Crippen molar-refractivity contribution in [3.63, 3.8) is 0 Å². The van der Waals surface area contributed by atoms with Crippen LogP contribution in [0.3, 0.4) is 0 Å². The minimum atomic E-state index is -4.83. The molecular weight excluding hydrogens is 415 g/mol. The number of carbonyl (C=O) groups excluding carboxylic acids is 2. The van der Waals surface area contributed by atoms with Gasteiger partial charge in [0.25, 0.3) is 11.5 Å². The molecule has 2 heterocycles. The smallest absolute Gasteiger partial charge is 0.421 e.